The third-order valence-electron chi connectivity index (χ3n) is 2.85. The van der Waals surface area contributed by atoms with Crippen LogP contribution in [0.3, 0.4) is 0 Å². The summed E-state index contributed by atoms with van der Waals surface area (Å²) in [6.07, 6.45) is 0. The molecule has 0 saturated carbocycles. The SMILES string of the molecule is COc1c(Br)cc(Cl)cc1C(Cl)c1ccc(F)c(F)c1F. The first kappa shape index (κ1) is 16.5. The summed E-state index contributed by atoms with van der Waals surface area (Å²) < 4.78 is 45.9. The molecule has 0 bridgehead atoms. The molecule has 0 saturated heterocycles. The van der Waals surface area contributed by atoms with Crippen molar-refractivity contribution in [1.82, 2.24) is 0 Å². The fourth-order valence-corrected chi connectivity index (χ4v) is 3.21. The molecule has 21 heavy (non-hydrogen) atoms. The average molecular weight is 400 g/mol. The Kier molecular flexibility index (Phi) is 5.07. The number of ether oxygens (including phenoxy) is 1. The Balaban J connectivity index is 2.60. The summed E-state index contributed by atoms with van der Waals surface area (Å²) in [5.41, 5.74) is 0.131. The lowest BCUT2D eigenvalue weighted by Gasteiger charge is -2.17. The minimum Gasteiger partial charge on any atom is -0.495 e. The first-order valence-electron chi connectivity index (χ1n) is 5.67. The highest BCUT2D eigenvalue weighted by Gasteiger charge is 2.24. The molecule has 0 heterocycles. The van der Waals surface area contributed by atoms with E-state index in [0.29, 0.717) is 20.8 Å². The van der Waals surface area contributed by atoms with Gasteiger partial charge in [-0.1, -0.05) is 17.7 Å². The van der Waals surface area contributed by atoms with Gasteiger partial charge in [0.05, 0.1) is 17.0 Å². The van der Waals surface area contributed by atoms with Crippen LogP contribution in [0, 0.1) is 17.5 Å². The maximum atomic E-state index is 13.9. The van der Waals surface area contributed by atoms with Gasteiger partial charge in [0, 0.05) is 16.1 Å². The summed E-state index contributed by atoms with van der Waals surface area (Å²) in [6.45, 7) is 0. The van der Waals surface area contributed by atoms with E-state index in [-0.39, 0.29) is 5.56 Å². The fraction of sp³-hybridized carbons (Fsp3) is 0.143. The van der Waals surface area contributed by atoms with Crippen molar-refractivity contribution in [2.45, 2.75) is 5.38 Å². The molecule has 0 aromatic heterocycles. The quantitative estimate of drug-likeness (QED) is 0.464. The molecule has 0 radical (unpaired) electrons. The van der Waals surface area contributed by atoms with Gasteiger partial charge in [-0.15, -0.1) is 11.6 Å². The van der Waals surface area contributed by atoms with Gasteiger partial charge in [-0.3, -0.25) is 0 Å². The zero-order valence-corrected chi connectivity index (χ0v) is 13.7. The van der Waals surface area contributed by atoms with Crippen LogP contribution < -0.4 is 4.74 Å². The number of methoxy groups -OCH3 is 1. The second-order valence-corrected chi connectivity index (χ2v) is 5.86. The molecule has 0 fully saturated rings. The van der Waals surface area contributed by atoms with Gasteiger partial charge in [-0.05, 0) is 34.1 Å². The second kappa shape index (κ2) is 6.46. The van der Waals surface area contributed by atoms with Gasteiger partial charge in [0.15, 0.2) is 17.5 Å². The summed E-state index contributed by atoms with van der Waals surface area (Å²) in [6, 6.07) is 4.95. The fourth-order valence-electron chi connectivity index (χ4n) is 1.89. The van der Waals surface area contributed by atoms with Gasteiger partial charge in [0.2, 0.25) is 0 Å². The van der Waals surface area contributed by atoms with E-state index in [1.807, 2.05) is 0 Å². The zero-order chi connectivity index (χ0) is 15.7. The molecule has 7 heteroatoms. The predicted molar refractivity (Wildman–Crippen MR) is 79.7 cm³/mol. The molecule has 0 aliphatic heterocycles. The number of halogens is 6. The molecular formula is C14H8BrCl2F3O. The number of hydrogen-bond donors (Lipinski definition) is 0. The number of rotatable bonds is 3. The Morgan fingerprint density at radius 2 is 1.76 bits per heavy atom. The molecule has 1 nitrogen and oxygen atoms in total. The molecule has 2 aromatic carbocycles. The van der Waals surface area contributed by atoms with Crippen LogP contribution in [0.1, 0.15) is 16.5 Å². The third-order valence-corrected chi connectivity index (χ3v) is 4.13. The molecular weight excluding hydrogens is 392 g/mol. The average Bonchev–Trinajstić information content (AvgIpc) is 2.43. The maximum absolute atomic E-state index is 13.9. The lowest BCUT2D eigenvalue weighted by molar-refractivity contribution is 0.406. The van der Waals surface area contributed by atoms with Crippen LogP contribution in [0.25, 0.3) is 0 Å². The first-order chi connectivity index (χ1) is 9.86. The summed E-state index contributed by atoms with van der Waals surface area (Å²) >= 11 is 15.4. The van der Waals surface area contributed by atoms with Crippen molar-refractivity contribution in [3.05, 3.63) is 62.3 Å². The van der Waals surface area contributed by atoms with Crippen molar-refractivity contribution < 1.29 is 17.9 Å². The highest BCUT2D eigenvalue weighted by Crippen LogP contribution is 2.42. The predicted octanol–water partition coefficient (Wildman–Crippen LogP) is 5.86. The van der Waals surface area contributed by atoms with Crippen molar-refractivity contribution in [2.24, 2.45) is 0 Å². The van der Waals surface area contributed by atoms with Gasteiger partial charge < -0.3 is 4.74 Å². The van der Waals surface area contributed by atoms with Crippen LogP contribution in [-0.2, 0) is 0 Å². The Labute approximate surface area is 137 Å². The minimum absolute atomic E-state index is 0.206. The van der Waals surface area contributed by atoms with Gasteiger partial charge in [0.1, 0.15) is 5.75 Å². The maximum Gasteiger partial charge on any atom is 0.194 e. The molecule has 112 valence electrons. The second-order valence-electron chi connectivity index (χ2n) is 4.14. The molecule has 1 unspecified atom stereocenters. The van der Waals surface area contributed by atoms with Crippen molar-refractivity contribution in [1.29, 1.82) is 0 Å². The van der Waals surface area contributed by atoms with E-state index < -0.39 is 22.8 Å². The van der Waals surface area contributed by atoms with Gasteiger partial charge in [0.25, 0.3) is 0 Å². The molecule has 0 aliphatic carbocycles. The molecule has 0 N–H and O–H groups in total. The molecule has 0 spiro atoms. The van der Waals surface area contributed by atoms with Gasteiger partial charge >= 0.3 is 0 Å². The Morgan fingerprint density at radius 1 is 1.10 bits per heavy atom. The van der Waals surface area contributed by atoms with E-state index in [2.05, 4.69) is 15.9 Å². The summed E-state index contributed by atoms with van der Waals surface area (Å²) in [4.78, 5) is 0. The number of hydrogen-bond acceptors (Lipinski definition) is 1. The van der Waals surface area contributed by atoms with Crippen molar-refractivity contribution in [3.8, 4) is 5.75 Å². The van der Waals surface area contributed by atoms with Gasteiger partial charge in [-0.2, -0.15) is 0 Å². The van der Waals surface area contributed by atoms with Crippen molar-refractivity contribution in [2.75, 3.05) is 7.11 Å². The van der Waals surface area contributed by atoms with Crippen LogP contribution in [0.15, 0.2) is 28.7 Å². The first-order valence-corrected chi connectivity index (χ1v) is 7.28. The van der Waals surface area contributed by atoms with Crippen LogP contribution in [0.5, 0.6) is 5.75 Å². The summed E-state index contributed by atoms with van der Waals surface area (Å²) in [7, 11) is 1.41. The van der Waals surface area contributed by atoms with Crippen molar-refractivity contribution in [3.63, 3.8) is 0 Å². The third kappa shape index (κ3) is 3.15. The van der Waals surface area contributed by atoms with E-state index in [0.717, 1.165) is 12.1 Å². The largest absolute Gasteiger partial charge is 0.495 e. The Bertz CT molecular complexity index is 694. The summed E-state index contributed by atoms with van der Waals surface area (Å²) in [5.74, 6) is -3.85. The van der Waals surface area contributed by atoms with Gasteiger partial charge in [-0.25, -0.2) is 13.2 Å². The highest BCUT2D eigenvalue weighted by molar-refractivity contribution is 9.10. The van der Waals surface area contributed by atoms with E-state index in [1.165, 1.54) is 13.2 Å². The van der Waals surface area contributed by atoms with Crippen LogP contribution in [0.4, 0.5) is 13.2 Å². The molecule has 2 aromatic rings. The topological polar surface area (TPSA) is 9.23 Å². The van der Waals surface area contributed by atoms with E-state index in [9.17, 15) is 13.2 Å². The van der Waals surface area contributed by atoms with Crippen molar-refractivity contribution >= 4 is 39.1 Å². The van der Waals surface area contributed by atoms with E-state index in [1.54, 1.807) is 6.07 Å². The molecule has 1 atom stereocenters. The van der Waals surface area contributed by atoms with Crippen LogP contribution in [-0.4, -0.2) is 7.11 Å². The highest BCUT2D eigenvalue weighted by atomic mass is 79.9. The standard InChI is InChI=1S/C14H8BrCl2F3O/c1-21-14-8(4-6(16)5-9(14)15)11(17)7-2-3-10(18)13(20)12(7)19/h2-5,11H,1H3. The Morgan fingerprint density at radius 3 is 2.38 bits per heavy atom. The molecule has 0 amide bonds. The smallest absolute Gasteiger partial charge is 0.194 e. The van der Waals surface area contributed by atoms with Crippen LogP contribution in [0.2, 0.25) is 5.02 Å². The lowest BCUT2D eigenvalue weighted by Crippen LogP contribution is -2.04. The minimum atomic E-state index is -1.57. The van der Waals surface area contributed by atoms with E-state index >= 15 is 0 Å². The number of benzene rings is 2. The monoisotopic (exact) mass is 398 g/mol. The summed E-state index contributed by atoms with van der Waals surface area (Å²) in [5, 5.41) is -0.753. The zero-order valence-electron chi connectivity index (χ0n) is 10.6. The lowest BCUT2D eigenvalue weighted by atomic mass is 10.0. The Hall–Kier alpha value is -0.910. The molecule has 2 rings (SSSR count). The van der Waals surface area contributed by atoms with Crippen LogP contribution >= 0.6 is 39.1 Å². The normalized spacial score (nSPS) is 12.3. The number of alkyl halides is 1. The molecule has 0 aliphatic rings. The van der Waals surface area contributed by atoms with E-state index in [4.69, 9.17) is 27.9 Å².